The second-order valence-electron chi connectivity index (χ2n) is 3.81. The summed E-state index contributed by atoms with van der Waals surface area (Å²) in [5.41, 5.74) is 7.86. The lowest BCUT2D eigenvalue weighted by molar-refractivity contribution is 0.492. The number of hydrogen-bond donors (Lipinski definition) is 1. The van der Waals surface area contributed by atoms with Gasteiger partial charge in [0.15, 0.2) is 0 Å². The fraction of sp³-hybridized carbons (Fsp3) is 0.800. The van der Waals surface area contributed by atoms with Crippen LogP contribution in [0.15, 0.2) is 0 Å². The van der Waals surface area contributed by atoms with Gasteiger partial charge in [0, 0.05) is 12.5 Å². The molecule has 0 aromatic carbocycles. The summed E-state index contributed by atoms with van der Waals surface area (Å²) < 4.78 is 2.01. The molecule has 80 valence electrons. The average molecular weight is 196 g/mol. The Morgan fingerprint density at radius 2 is 2.07 bits per heavy atom. The third kappa shape index (κ3) is 2.32. The van der Waals surface area contributed by atoms with Crippen molar-refractivity contribution in [1.82, 2.24) is 15.0 Å². The molecule has 0 aliphatic rings. The zero-order valence-electron chi connectivity index (χ0n) is 9.32. The Morgan fingerprint density at radius 3 is 2.57 bits per heavy atom. The molecular formula is C10H20N4. The standard InChI is InChI=1S/C10H20N4/c1-4-5-10-9(6-7-11)12-13-14(10)8(2)3/h8H,4-7,11H2,1-3H3. The lowest BCUT2D eigenvalue weighted by atomic mass is 10.1. The topological polar surface area (TPSA) is 56.7 Å². The van der Waals surface area contributed by atoms with Crippen LogP contribution in [0.25, 0.3) is 0 Å². The maximum Gasteiger partial charge on any atom is 0.0871 e. The zero-order valence-corrected chi connectivity index (χ0v) is 9.32. The molecule has 1 rings (SSSR count). The highest BCUT2D eigenvalue weighted by Gasteiger charge is 2.12. The molecule has 0 saturated carbocycles. The minimum Gasteiger partial charge on any atom is -0.330 e. The smallest absolute Gasteiger partial charge is 0.0871 e. The monoisotopic (exact) mass is 196 g/mol. The fourth-order valence-electron chi connectivity index (χ4n) is 1.59. The third-order valence-electron chi connectivity index (χ3n) is 2.23. The normalized spacial score (nSPS) is 11.2. The summed E-state index contributed by atoms with van der Waals surface area (Å²) in [6.45, 7) is 7.07. The molecule has 0 aliphatic carbocycles. The summed E-state index contributed by atoms with van der Waals surface area (Å²) in [6.07, 6.45) is 3.00. The lowest BCUT2D eigenvalue weighted by Gasteiger charge is -2.09. The lowest BCUT2D eigenvalue weighted by Crippen LogP contribution is -2.10. The van der Waals surface area contributed by atoms with E-state index in [9.17, 15) is 0 Å². The van der Waals surface area contributed by atoms with Crippen LogP contribution in [0.1, 0.15) is 44.6 Å². The molecule has 4 heteroatoms. The van der Waals surface area contributed by atoms with E-state index < -0.39 is 0 Å². The highest BCUT2D eigenvalue weighted by Crippen LogP contribution is 2.13. The van der Waals surface area contributed by atoms with Crippen molar-refractivity contribution in [3.8, 4) is 0 Å². The van der Waals surface area contributed by atoms with Crippen molar-refractivity contribution >= 4 is 0 Å². The predicted octanol–water partition coefficient (Wildman–Crippen LogP) is 1.31. The number of nitrogens with two attached hydrogens (primary N) is 1. The Bertz CT molecular complexity index is 278. The second-order valence-corrected chi connectivity index (χ2v) is 3.81. The highest BCUT2D eigenvalue weighted by atomic mass is 15.4. The van der Waals surface area contributed by atoms with E-state index >= 15 is 0 Å². The molecular weight excluding hydrogens is 176 g/mol. The minimum atomic E-state index is 0.385. The van der Waals surface area contributed by atoms with Crippen molar-refractivity contribution in [2.24, 2.45) is 5.73 Å². The van der Waals surface area contributed by atoms with Gasteiger partial charge >= 0.3 is 0 Å². The molecule has 2 N–H and O–H groups in total. The molecule has 0 unspecified atom stereocenters. The highest BCUT2D eigenvalue weighted by molar-refractivity contribution is 5.11. The van der Waals surface area contributed by atoms with E-state index in [2.05, 4.69) is 31.1 Å². The summed E-state index contributed by atoms with van der Waals surface area (Å²) in [5.74, 6) is 0. The van der Waals surface area contributed by atoms with Gasteiger partial charge in [-0.2, -0.15) is 0 Å². The molecule has 4 nitrogen and oxygen atoms in total. The maximum absolute atomic E-state index is 5.53. The predicted molar refractivity (Wildman–Crippen MR) is 57.2 cm³/mol. The van der Waals surface area contributed by atoms with Crippen molar-refractivity contribution in [3.05, 3.63) is 11.4 Å². The molecule has 1 aromatic rings. The van der Waals surface area contributed by atoms with Gasteiger partial charge in [0.1, 0.15) is 0 Å². The van der Waals surface area contributed by atoms with E-state index in [-0.39, 0.29) is 0 Å². The van der Waals surface area contributed by atoms with Crippen LogP contribution in [0.2, 0.25) is 0 Å². The SMILES string of the molecule is CCCc1c(CCN)nnn1C(C)C. The van der Waals surface area contributed by atoms with Crippen LogP contribution >= 0.6 is 0 Å². The average Bonchev–Trinajstić information content (AvgIpc) is 2.50. The first-order valence-corrected chi connectivity index (χ1v) is 5.33. The van der Waals surface area contributed by atoms with Gasteiger partial charge < -0.3 is 5.73 Å². The first-order valence-electron chi connectivity index (χ1n) is 5.33. The summed E-state index contributed by atoms with van der Waals surface area (Å²) in [6, 6.07) is 0.385. The Balaban J connectivity index is 2.94. The Morgan fingerprint density at radius 1 is 1.36 bits per heavy atom. The van der Waals surface area contributed by atoms with Crippen LogP contribution in [0.5, 0.6) is 0 Å². The van der Waals surface area contributed by atoms with Crippen molar-refractivity contribution in [3.63, 3.8) is 0 Å². The number of hydrogen-bond acceptors (Lipinski definition) is 3. The van der Waals surface area contributed by atoms with Gasteiger partial charge in [-0.25, -0.2) is 4.68 Å². The molecule has 0 spiro atoms. The number of aromatic nitrogens is 3. The van der Waals surface area contributed by atoms with Crippen LogP contribution < -0.4 is 5.73 Å². The van der Waals surface area contributed by atoms with E-state index in [0.717, 1.165) is 25.0 Å². The molecule has 0 amide bonds. The van der Waals surface area contributed by atoms with E-state index in [1.165, 1.54) is 5.69 Å². The van der Waals surface area contributed by atoms with Gasteiger partial charge in [0.25, 0.3) is 0 Å². The molecule has 0 bridgehead atoms. The number of rotatable bonds is 5. The summed E-state index contributed by atoms with van der Waals surface area (Å²) in [5, 5.41) is 8.34. The fourth-order valence-corrected chi connectivity index (χ4v) is 1.59. The van der Waals surface area contributed by atoms with Crippen molar-refractivity contribution in [2.75, 3.05) is 6.54 Å². The largest absolute Gasteiger partial charge is 0.330 e. The van der Waals surface area contributed by atoms with Crippen LogP contribution in [0.4, 0.5) is 0 Å². The molecule has 0 fully saturated rings. The quantitative estimate of drug-likeness (QED) is 0.772. The van der Waals surface area contributed by atoms with E-state index in [1.807, 2.05) is 4.68 Å². The van der Waals surface area contributed by atoms with E-state index in [0.29, 0.717) is 12.6 Å². The zero-order chi connectivity index (χ0) is 10.6. The van der Waals surface area contributed by atoms with Crippen molar-refractivity contribution in [1.29, 1.82) is 0 Å². The third-order valence-corrected chi connectivity index (χ3v) is 2.23. The molecule has 1 aromatic heterocycles. The maximum atomic E-state index is 5.53. The summed E-state index contributed by atoms with van der Waals surface area (Å²) in [4.78, 5) is 0. The molecule has 1 heterocycles. The molecule has 0 atom stereocenters. The first-order chi connectivity index (χ1) is 6.70. The summed E-state index contributed by atoms with van der Waals surface area (Å²) in [7, 11) is 0. The van der Waals surface area contributed by atoms with Crippen LogP contribution in [0.3, 0.4) is 0 Å². The van der Waals surface area contributed by atoms with E-state index in [1.54, 1.807) is 0 Å². The van der Waals surface area contributed by atoms with E-state index in [4.69, 9.17) is 5.73 Å². The Hall–Kier alpha value is -0.900. The Kier molecular flexibility index (Phi) is 4.07. The van der Waals surface area contributed by atoms with Crippen molar-refractivity contribution < 1.29 is 0 Å². The van der Waals surface area contributed by atoms with Crippen LogP contribution in [0, 0.1) is 0 Å². The molecule has 0 aliphatic heterocycles. The van der Waals surface area contributed by atoms with Gasteiger partial charge in [-0.1, -0.05) is 18.6 Å². The summed E-state index contributed by atoms with van der Waals surface area (Å²) >= 11 is 0. The van der Waals surface area contributed by atoms with Crippen LogP contribution in [-0.2, 0) is 12.8 Å². The first kappa shape index (κ1) is 11.2. The van der Waals surface area contributed by atoms with Gasteiger partial charge in [0.2, 0.25) is 0 Å². The molecule has 0 saturated heterocycles. The van der Waals surface area contributed by atoms with Gasteiger partial charge in [0.05, 0.1) is 11.4 Å². The van der Waals surface area contributed by atoms with Gasteiger partial charge in [-0.3, -0.25) is 0 Å². The Labute approximate surface area is 85.5 Å². The number of nitrogens with zero attached hydrogens (tertiary/aromatic N) is 3. The minimum absolute atomic E-state index is 0.385. The van der Waals surface area contributed by atoms with Gasteiger partial charge in [-0.15, -0.1) is 5.10 Å². The van der Waals surface area contributed by atoms with Crippen molar-refractivity contribution in [2.45, 2.75) is 46.1 Å². The van der Waals surface area contributed by atoms with Gasteiger partial charge in [-0.05, 0) is 26.8 Å². The second kappa shape index (κ2) is 5.10. The molecule has 0 radical (unpaired) electrons. The molecule has 14 heavy (non-hydrogen) atoms. The van der Waals surface area contributed by atoms with Crippen LogP contribution in [-0.4, -0.2) is 21.5 Å².